The van der Waals surface area contributed by atoms with E-state index in [0.29, 0.717) is 0 Å². The standard InChI is InChI=1S/C9H12N2O4/c10-6-3-4(12)1-2-5(6)7(13)8(14)9(11)15/h1-3,7-8,12-14H,10H2,(H2,11,15). The van der Waals surface area contributed by atoms with E-state index in [1.807, 2.05) is 0 Å². The van der Waals surface area contributed by atoms with Gasteiger partial charge in [0, 0.05) is 17.3 Å². The molecular formula is C9H12N2O4. The Balaban J connectivity index is 3.01. The van der Waals surface area contributed by atoms with Crippen molar-refractivity contribution >= 4 is 11.6 Å². The third-order valence-electron chi connectivity index (χ3n) is 1.98. The van der Waals surface area contributed by atoms with Gasteiger partial charge in [-0.25, -0.2) is 0 Å². The van der Waals surface area contributed by atoms with Gasteiger partial charge in [0.05, 0.1) is 0 Å². The number of hydrogen-bond acceptors (Lipinski definition) is 5. The van der Waals surface area contributed by atoms with Gasteiger partial charge in [-0.05, 0) is 6.07 Å². The van der Waals surface area contributed by atoms with Gasteiger partial charge in [0.2, 0.25) is 5.91 Å². The van der Waals surface area contributed by atoms with Crippen molar-refractivity contribution in [3.05, 3.63) is 23.8 Å². The van der Waals surface area contributed by atoms with Crippen LogP contribution in [0.25, 0.3) is 0 Å². The van der Waals surface area contributed by atoms with E-state index in [9.17, 15) is 15.0 Å². The van der Waals surface area contributed by atoms with Crippen LogP contribution >= 0.6 is 0 Å². The third kappa shape index (κ3) is 2.36. The SMILES string of the molecule is NC(=O)C(O)C(O)c1ccc(O)cc1N. The summed E-state index contributed by atoms with van der Waals surface area (Å²) < 4.78 is 0. The summed E-state index contributed by atoms with van der Waals surface area (Å²) >= 11 is 0. The second kappa shape index (κ2) is 4.16. The minimum atomic E-state index is -1.73. The van der Waals surface area contributed by atoms with E-state index >= 15 is 0 Å². The molecule has 1 rings (SSSR count). The molecule has 0 aliphatic heterocycles. The van der Waals surface area contributed by atoms with E-state index in [2.05, 4.69) is 0 Å². The molecule has 15 heavy (non-hydrogen) atoms. The zero-order valence-electron chi connectivity index (χ0n) is 7.79. The topological polar surface area (TPSA) is 130 Å². The fraction of sp³-hybridized carbons (Fsp3) is 0.222. The number of nitrogens with two attached hydrogens (primary N) is 2. The van der Waals surface area contributed by atoms with Gasteiger partial charge in [0.1, 0.15) is 11.9 Å². The van der Waals surface area contributed by atoms with Crippen molar-refractivity contribution in [1.29, 1.82) is 0 Å². The first-order chi connectivity index (χ1) is 6.93. The summed E-state index contributed by atoms with van der Waals surface area (Å²) in [4.78, 5) is 10.6. The first-order valence-electron chi connectivity index (χ1n) is 4.17. The molecule has 6 heteroatoms. The monoisotopic (exact) mass is 212 g/mol. The molecule has 0 spiro atoms. The smallest absolute Gasteiger partial charge is 0.249 e. The highest BCUT2D eigenvalue weighted by molar-refractivity contribution is 5.79. The van der Waals surface area contributed by atoms with Crippen molar-refractivity contribution in [3.63, 3.8) is 0 Å². The molecule has 1 amide bonds. The molecule has 0 radical (unpaired) electrons. The van der Waals surface area contributed by atoms with Crippen LogP contribution in [0.2, 0.25) is 0 Å². The predicted molar refractivity (Wildman–Crippen MR) is 52.7 cm³/mol. The van der Waals surface area contributed by atoms with Crippen LogP contribution in [0.15, 0.2) is 18.2 Å². The van der Waals surface area contributed by atoms with E-state index in [1.54, 1.807) is 0 Å². The van der Waals surface area contributed by atoms with Gasteiger partial charge in [0.15, 0.2) is 6.10 Å². The van der Waals surface area contributed by atoms with Crippen LogP contribution in [0.3, 0.4) is 0 Å². The Labute approximate surface area is 85.8 Å². The van der Waals surface area contributed by atoms with Gasteiger partial charge in [-0.15, -0.1) is 0 Å². The highest BCUT2D eigenvalue weighted by Crippen LogP contribution is 2.26. The highest BCUT2D eigenvalue weighted by atomic mass is 16.3. The number of aliphatic hydroxyl groups excluding tert-OH is 2. The normalized spacial score (nSPS) is 14.5. The molecule has 0 aliphatic rings. The molecule has 0 fully saturated rings. The number of hydrogen-bond donors (Lipinski definition) is 5. The Morgan fingerprint density at radius 1 is 1.33 bits per heavy atom. The molecule has 1 aromatic carbocycles. The quantitative estimate of drug-likeness (QED) is 0.404. The lowest BCUT2D eigenvalue weighted by atomic mass is 10.0. The van der Waals surface area contributed by atoms with Crippen molar-refractivity contribution in [1.82, 2.24) is 0 Å². The molecule has 0 aliphatic carbocycles. The number of nitrogen functional groups attached to an aromatic ring is 1. The van der Waals surface area contributed by atoms with E-state index in [-0.39, 0.29) is 17.0 Å². The maximum atomic E-state index is 10.6. The Morgan fingerprint density at radius 3 is 2.40 bits per heavy atom. The number of aliphatic hydroxyl groups is 2. The zero-order chi connectivity index (χ0) is 11.6. The molecule has 0 saturated carbocycles. The molecule has 82 valence electrons. The average molecular weight is 212 g/mol. The van der Waals surface area contributed by atoms with Crippen LogP contribution in [0.1, 0.15) is 11.7 Å². The van der Waals surface area contributed by atoms with E-state index in [1.165, 1.54) is 18.2 Å². The molecule has 6 nitrogen and oxygen atoms in total. The summed E-state index contributed by atoms with van der Waals surface area (Å²) in [5, 5.41) is 27.8. The van der Waals surface area contributed by atoms with Crippen LogP contribution in [-0.4, -0.2) is 27.3 Å². The summed E-state index contributed by atoms with van der Waals surface area (Å²) in [5.74, 6) is -1.12. The second-order valence-corrected chi connectivity index (χ2v) is 3.11. The van der Waals surface area contributed by atoms with Gasteiger partial charge in [-0.2, -0.15) is 0 Å². The van der Waals surface area contributed by atoms with Gasteiger partial charge in [-0.1, -0.05) is 6.07 Å². The van der Waals surface area contributed by atoms with E-state index < -0.39 is 18.1 Å². The molecule has 2 unspecified atom stereocenters. The Kier molecular flexibility index (Phi) is 3.13. The summed E-state index contributed by atoms with van der Waals surface area (Å²) in [6.07, 6.45) is -3.22. The van der Waals surface area contributed by atoms with Crippen molar-refractivity contribution in [3.8, 4) is 5.75 Å². The Morgan fingerprint density at radius 2 is 1.93 bits per heavy atom. The first-order valence-corrected chi connectivity index (χ1v) is 4.17. The maximum absolute atomic E-state index is 10.6. The van der Waals surface area contributed by atoms with Crippen molar-refractivity contribution in [2.45, 2.75) is 12.2 Å². The number of aromatic hydroxyl groups is 1. The number of benzene rings is 1. The predicted octanol–water partition coefficient (Wildman–Crippen LogP) is -1.15. The molecule has 0 saturated heterocycles. The lowest BCUT2D eigenvalue weighted by molar-refractivity contribution is -0.131. The van der Waals surface area contributed by atoms with Crippen LogP contribution < -0.4 is 11.5 Å². The molecule has 0 bridgehead atoms. The van der Waals surface area contributed by atoms with Crippen molar-refractivity contribution in [2.75, 3.05) is 5.73 Å². The van der Waals surface area contributed by atoms with Crippen LogP contribution in [0.5, 0.6) is 5.75 Å². The lowest BCUT2D eigenvalue weighted by Gasteiger charge is -2.16. The van der Waals surface area contributed by atoms with Crippen molar-refractivity contribution < 1.29 is 20.1 Å². The number of carbonyl (C=O) groups excluding carboxylic acids is 1. The fourth-order valence-corrected chi connectivity index (χ4v) is 1.16. The molecule has 0 aromatic heterocycles. The first kappa shape index (κ1) is 11.3. The lowest BCUT2D eigenvalue weighted by Crippen LogP contribution is -2.34. The molecular weight excluding hydrogens is 200 g/mol. The molecule has 2 atom stereocenters. The number of primary amides is 1. The van der Waals surface area contributed by atoms with Gasteiger partial charge < -0.3 is 26.8 Å². The number of phenolic OH excluding ortho intramolecular Hbond substituents is 1. The summed E-state index contributed by atoms with van der Waals surface area (Å²) in [5.41, 5.74) is 10.5. The van der Waals surface area contributed by atoms with Crippen LogP contribution in [0.4, 0.5) is 5.69 Å². The summed E-state index contributed by atoms with van der Waals surface area (Å²) in [7, 11) is 0. The molecule has 7 N–H and O–H groups in total. The maximum Gasteiger partial charge on any atom is 0.249 e. The van der Waals surface area contributed by atoms with E-state index in [0.717, 1.165) is 0 Å². The molecule has 1 aromatic rings. The Hall–Kier alpha value is -1.79. The van der Waals surface area contributed by atoms with Crippen LogP contribution in [0, 0.1) is 0 Å². The van der Waals surface area contributed by atoms with E-state index in [4.69, 9.17) is 16.6 Å². The average Bonchev–Trinajstić information content (AvgIpc) is 2.15. The number of rotatable bonds is 3. The number of amides is 1. The second-order valence-electron chi connectivity index (χ2n) is 3.11. The number of anilines is 1. The summed E-state index contributed by atoms with van der Waals surface area (Å²) in [6.45, 7) is 0. The van der Waals surface area contributed by atoms with Gasteiger partial charge in [-0.3, -0.25) is 4.79 Å². The zero-order valence-corrected chi connectivity index (χ0v) is 7.79. The Bertz CT molecular complexity index is 380. The minimum absolute atomic E-state index is 0.0720. The fourth-order valence-electron chi connectivity index (χ4n) is 1.16. The number of phenols is 1. The summed E-state index contributed by atoms with van der Waals surface area (Å²) in [6, 6.07) is 3.79. The van der Waals surface area contributed by atoms with Crippen molar-refractivity contribution in [2.24, 2.45) is 5.73 Å². The van der Waals surface area contributed by atoms with Crippen LogP contribution in [-0.2, 0) is 4.79 Å². The highest BCUT2D eigenvalue weighted by Gasteiger charge is 2.24. The van der Waals surface area contributed by atoms with Gasteiger partial charge >= 0.3 is 0 Å². The third-order valence-corrected chi connectivity index (χ3v) is 1.98. The van der Waals surface area contributed by atoms with Gasteiger partial charge in [0.25, 0.3) is 0 Å². The number of carbonyl (C=O) groups is 1. The largest absolute Gasteiger partial charge is 0.508 e. The minimum Gasteiger partial charge on any atom is -0.508 e. The molecule has 0 heterocycles.